The molecule has 0 radical (unpaired) electrons. The van der Waals surface area contributed by atoms with E-state index in [-0.39, 0.29) is 5.91 Å². The number of β-amino-alcohol motifs (C(OH)–C–C–N with tert-alkyl or cyclic N) is 1. The largest absolute Gasteiger partial charge is 0.396 e. The van der Waals surface area contributed by atoms with Crippen LogP contribution in [0.15, 0.2) is 18.3 Å². The normalized spacial score (nSPS) is 19.6. The Morgan fingerprint density at radius 1 is 1.61 bits per heavy atom. The maximum atomic E-state index is 12.3. The average molecular weight is 263 g/mol. The predicted octanol–water partition coefficient (Wildman–Crippen LogP) is 1.09. The number of hydrogen-bond acceptors (Lipinski definition) is 5. The van der Waals surface area contributed by atoms with E-state index < -0.39 is 6.10 Å². The summed E-state index contributed by atoms with van der Waals surface area (Å²) in [6, 6.07) is 3.73. The van der Waals surface area contributed by atoms with Gasteiger partial charge < -0.3 is 15.7 Å². The first-order valence-corrected chi connectivity index (χ1v) is 6.59. The molecule has 2 aromatic heterocycles. The molecule has 1 aliphatic heterocycles. The molecule has 0 spiro atoms. The Morgan fingerprint density at radius 3 is 3.11 bits per heavy atom. The smallest absolute Gasteiger partial charge is 0.266 e. The molecule has 0 aliphatic carbocycles. The zero-order valence-electron chi connectivity index (χ0n) is 9.67. The van der Waals surface area contributed by atoms with E-state index in [1.165, 1.54) is 11.3 Å². The van der Waals surface area contributed by atoms with Crippen molar-refractivity contribution < 1.29 is 9.90 Å². The molecule has 1 atom stereocenters. The van der Waals surface area contributed by atoms with E-state index in [2.05, 4.69) is 4.98 Å². The Morgan fingerprint density at radius 2 is 2.44 bits per heavy atom. The number of nitrogen functional groups attached to an aromatic ring is 1. The fourth-order valence-electron chi connectivity index (χ4n) is 2.18. The highest BCUT2D eigenvalue weighted by molar-refractivity contribution is 7.21. The first-order chi connectivity index (χ1) is 8.66. The molecule has 3 heterocycles. The molecule has 0 aromatic carbocycles. The highest BCUT2D eigenvalue weighted by Gasteiger charge is 2.28. The van der Waals surface area contributed by atoms with Crippen molar-refractivity contribution in [3.63, 3.8) is 0 Å². The summed E-state index contributed by atoms with van der Waals surface area (Å²) >= 11 is 1.36. The van der Waals surface area contributed by atoms with Crippen molar-refractivity contribution in [1.82, 2.24) is 9.88 Å². The maximum Gasteiger partial charge on any atom is 0.266 e. The zero-order valence-corrected chi connectivity index (χ0v) is 10.5. The van der Waals surface area contributed by atoms with E-state index >= 15 is 0 Å². The molecule has 1 aliphatic rings. The molecular formula is C12H13N3O2S. The number of likely N-dealkylation sites (tertiary alicyclic amines) is 1. The van der Waals surface area contributed by atoms with Gasteiger partial charge in [0.1, 0.15) is 10.4 Å². The van der Waals surface area contributed by atoms with Gasteiger partial charge in [0, 0.05) is 19.3 Å². The summed E-state index contributed by atoms with van der Waals surface area (Å²) in [6.45, 7) is 0.973. The SMILES string of the molecule is Nc1c(C(=O)N2CCC(O)C2)sc2cccnc12. The molecule has 2 aromatic rings. The number of aromatic nitrogens is 1. The van der Waals surface area contributed by atoms with Crippen molar-refractivity contribution in [2.75, 3.05) is 18.8 Å². The molecule has 1 amide bonds. The fourth-order valence-corrected chi connectivity index (χ4v) is 3.23. The average Bonchev–Trinajstić information content (AvgIpc) is 2.94. The Bertz CT molecular complexity index is 610. The molecule has 1 fully saturated rings. The zero-order chi connectivity index (χ0) is 12.7. The number of fused-ring (bicyclic) bond motifs is 1. The quantitative estimate of drug-likeness (QED) is 0.807. The van der Waals surface area contributed by atoms with Gasteiger partial charge in [0.25, 0.3) is 5.91 Å². The Labute approximate surface area is 108 Å². The van der Waals surface area contributed by atoms with Crippen LogP contribution in [0.1, 0.15) is 16.1 Å². The number of pyridine rings is 1. The van der Waals surface area contributed by atoms with E-state index in [1.807, 2.05) is 12.1 Å². The Kier molecular flexibility index (Phi) is 2.68. The molecule has 3 rings (SSSR count). The predicted molar refractivity (Wildman–Crippen MR) is 70.6 cm³/mol. The van der Waals surface area contributed by atoms with Crippen LogP contribution < -0.4 is 5.73 Å². The topological polar surface area (TPSA) is 79.5 Å². The highest BCUT2D eigenvalue weighted by atomic mass is 32.1. The van der Waals surface area contributed by atoms with Crippen LogP contribution in [0, 0.1) is 0 Å². The lowest BCUT2D eigenvalue weighted by atomic mass is 10.3. The fraction of sp³-hybridized carbons (Fsp3) is 0.333. The summed E-state index contributed by atoms with van der Waals surface area (Å²) in [6.07, 6.45) is 1.89. The molecule has 1 saturated heterocycles. The lowest BCUT2D eigenvalue weighted by Gasteiger charge is -2.14. The van der Waals surface area contributed by atoms with Gasteiger partial charge in [0.05, 0.1) is 16.5 Å². The van der Waals surface area contributed by atoms with Crippen LogP contribution in [0.25, 0.3) is 10.2 Å². The minimum Gasteiger partial charge on any atom is -0.396 e. The molecule has 3 N–H and O–H groups in total. The number of thiophene rings is 1. The summed E-state index contributed by atoms with van der Waals surface area (Å²) < 4.78 is 0.915. The van der Waals surface area contributed by atoms with Crippen LogP contribution in [-0.4, -0.2) is 40.1 Å². The van der Waals surface area contributed by atoms with Crippen molar-refractivity contribution in [3.8, 4) is 0 Å². The van der Waals surface area contributed by atoms with Crippen LogP contribution >= 0.6 is 11.3 Å². The van der Waals surface area contributed by atoms with E-state index in [9.17, 15) is 9.90 Å². The van der Waals surface area contributed by atoms with Gasteiger partial charge in [0.2, 0.25) is 0 Å². The van der Waals surface area contributed by atoms with Crippen molar-refractivity contribution >= 4 is 33.1 Å². The molecule has 94 valence electrons. The van der Waals surface area contributed by atoms with Gasteiger partial charge in [-0.1, -0.05) is 0 Å². The van der Waals surface area contributed by atoms with Gasteiger partial charge in [-0.25, -0.2) is 0 Å². The third-order valence-electron chi connectivity index (χ3n) is 3.13. The molecule has 6 heteroatoms. The van der Waals surface area contributed by atoms with Crippen molar-refractivity contribution in [1.29, 1.82) is 0 Å². The van der Waals surface area contributed by atoms with Gasteiger partial charge in [-0.3, -0.25) is 9.78 Å². The number of carbonyl (C=O) groups excluding carboxylic acids is 1. The van der Waals surface area contributed by atoms with Crippen LogP contribution in [0.5, 0.6) is 0 Å². The monoisotopic (exact) mass is 263 g/mol. The summed E-state index contributed by atoms with van der Waals surface area (Å²) in [7, 11) is 0. The maximum absolute atomic E-state index is 12.3. The third kappa shape index (κ3) is 1.74. The second kappa shape index (κ2) is 4.22. The standard InChI is InChI=1S/C12H13N3O2S/c13-9-10-8(2-1-4-14-10)18-11(9)12(17)15-5-3-7(16)6-15/h1-2,4,7,16H,3,5-6,13H2. The molecule has 0 saturated carbocycles. The number of nitrogens with two attached hydrogens (primary N) is 1. The summed E-state index contributed by atoms with van der Waals surface area (Å²) in [5.41, 5.74) is 7.11. The van der Waals surface area contributed by atoms with Gasteiger partial charge >= 0.3 is 0 Å². The second-order valence-corrected chi connectivity index (χ2v) is 5.44. The van der Waals surface area contributed by atoms with E-state index in [4.69, 9.17) is 5.73 Å². The third-order valence-corrected chi connectivity index (χ3v) is 4.28. The number of aliphatic hydroxyl groups is 1. The number of carbonyl (C=O) groups is 1. The van der Waals surface area contributed by atoms with Gasteiger partial charge in [0.15, 0.2) is 0 Å². The number of hydrogen-bond donors (Lipinski definition) is 2. The number of anilines is 1. The van der Waals surface area contributed by atoms with Crippen LogP contribution in [-0.2, 0) is 0 Å². The lowest BCUT2D eigenvalue weighted by molar-refractivity contribution is 0.0770. The van der Waals surface area contributed by atoms with Crippen LogP contribution in [0.4, 0.5) is 5.69 Å². The number of aliphatic hydroxyl groups excluding tert-OH is 1. The Balaban J connectivity index is 1.99. The number of rotatable bonds is 1. The van der Waals surface area contributed by atoms with E-state index in [0.717, 1.165) is 4.70 Å². The molecular weight excluding hydrogens is 250 g/mol. The first-order valence-electron chi connectivity index (χ1n) is 5.77. The van der Waals surface area contributed by atoms with Crippen molar-refractivity contribution in [2.45, 2.75) is 12.5 Å². The van der Waals surface area contributed by atoms with Gasteiger partial charge in [-0.15, -0.1) is 11.3 Å². The van der Waals surface area contributed by atoms with Crippen molar-refractivity contribution in [2.24, 2.45) is 0 Å². The van der Waals surface area contributed by atoms with Gasteiger partial charge in [-0.05, 0) is 18.6 Å². The molecule has 18 heavy (non-hydrogen) atoms. The first kappa shape index (κ1) is 11.4. The van der Waals surface area contributed by atoms with E-state index in [0.29, 0.717) is 35.6 Å². The van der Waals surface area contributed by atoms with Crippen LogP contribution in [0.3, 0.4) is 0 Å². The Hall–Kier alpha value is -1.66. The minimum atomic E-state index is -0.414. The van der Waals surface area contributed by atoms with Crippen LogP contribution in [0.2, 0.25) is 0 Å². The summed E-state index contributed by atoms with van der Waals surface area (Å²) in [5.74, 6) is -0.105. The summed E-state index contributed by atoms with van der Waals surface area (Å²) in [4.78, 5) is 18.7. The molecule has 0 bridgehead atoms. The summed E-state index contributed by atoms with van der Waals surface area (Å²) in [5, 5.41) is 9.47. The minimum absolute atomic E-state index is 0.105. The lowest BCUT2D eigenvalue weighted by Crippen LogP contribution is -2.29. The molecule has 5 nitrogen and oxygen atoms in total. The number of amides is 1. The highest BCUT2D eigenvalue weighted by Crippen LogP contribution is 2.33. The molecule has 1 unspecified atom stereocenters. The number of nitrogens with zero attached hydrogens (tertiary/aromatic N) is 2. The van der Waals surface area contributed by atoms with E-state index in [1.54, 1.807) is 11.1 Å². The second-order valence-electron chi connectivity index (χ2n) is 4.39. The van der Waals surface area contributed by atoms with Crippen molar-refractivity contribution in [3.05, 3.63) is 23.2 Å². The van der Waals surface area contributed by atoms with Gasteiger partial charge in [-0.2, -0.15) is 0 Å².